The molecule has 0 radical (unpaired) electrons. The van der Waals surface area contributed by atoms with Gasteiger partial charge in [-0.3, -0.25) is 4.79 Å². The average molecular weight is 366 g/mol. The predicted molar refractivity (Wildman–Crippen MR) is 103 cm³/mol. The molecule has 1 amide bonds. The Bertz CT molecular complexity index is 977. The molecule has 3 N–H and O–H groups in total. The fraction of sp³-hybridized carbons (Fsp3) is 0.250. The minimum atomic E-state index is -0.394. The Morgan fingerprint density at radius 2 is 1.85 bits per heavy atom. The summed E-state index contributed by atoms with van der Waals surface area (Å²) in [6.07, 6.45) is 0.747. The third-order valence-electron chi connectivity index (χ3n) is 4.37. The van der Waals surface area contributed by atoms with Gasteiger partial charge in [0.2, 0.25) is 0 Å². The lowest BCUT2D eigenvalue weighted by molar-refractivity contribution is 0.0600. The van der Waals surface area contributed by atoms with Crippen molar-refractivity contribution in [2.75, 3.05) is 20.2 Å². The number of benzene rings is 2. The molecular formula is C20H22N4O3. The van der Waals surface area contributed by atoms with Crippen molar-refractivity contribution in [2.45, 2.75) is 6.42 Å². The number of ether oxygens (including phenoxy) is 1. The molecule has 140 valence electrons. The van der Waals surface area contributed by atoms with E-state index in [1.165, 1.54) is 7.11 Å². The van der Waals surface area contributed by atoms with Gasteiger partial charge in [0, 0.05) is 24.7 Å². The Hall–Kier alpha value is -3.19. The number of methoxy groups -OCH3 is 1. The molecular weight excluding hydrogens is 344 g/mol. The zero-order chi connectivity index (χ0) is 19.4. The van der Waals surface area contributed by atoms with Gasteiger partial charge >= 0.3 is 5.97 Å². The van der Waals surface area contributed by atoms with E-state index in [1.54, 1.807) is 24.3 Å². The van der Waals surface area contributed by atoms with Gasteiger partial charge in [0.15, 0.2) is 0 Å². The van der Waals surface area contributed by atoms with Crippen LogP contribution in [0.25, 0.3) is 22.4 Å². The number of aryl methyl sites for hydroxylation is 1. The fourth-order valence-corrected chi connectivity index (χ4v) is 2.88. The minimum absolute atomic E-state index is 0.122. The number of nitrogens with zero attached hydrogens (tertiary/aromatic N) is 2. The lowest BCUT2D eigenvalue weighted by Crippen LogP contribution is -2.25. The second kappa shape index (κ2) is 8.01. The number of hydrogen-bond acceptors (Lipinski definition) is 5. The number of nitrogens with one attached hydrogen (secondary N) is 1. The second-order valence-electron chi connectivity index (χ2n) is 6.16. The van der Waals surface area contributed by atoms with Gasteiger partial charge in [-0.2, -0.15) is 0 Å². The van der Waals surface area contributed by atoms with Crippen LogP contribution in [0.4, 0.5) is 0 Å². The highest BCUT2D eigenvalue weighted by Crippen LogP contribution is 2.25. The Balaban J connectivity index is 1.87. The molecule has 0 saturated carbocycles. The molecule has 1 aromatic heterocycles. The molecule has 0 bridgehead atoms. The van der Waals surface area contributed by atoms with Gasteiger partial charge in [0.05, 0.1) is 23.7 Å². The molecule has 0 atom stereocenters. The highest BCUT2D eigenvalue weighted by Gasteiger charge is 2.14. The van der Waals surface area contributed by atoms with Crippen molar-refractivity contribution in [3.8, 4) is 11.4 Å². The van der Waals surface area contributed by atoms with Crippen LogP contribution in [0.1, 0.15) is 27.1 Å². The monoisotopic (exact) mass is 366 g/mol. The number of nitrogens with two attached hydrogens (primary N) is 1. The SMILES string of the molecule is COC(=O)c1ccc2c(c1)nc(-c1ccc(C(=O)NCCCN)cc1)n2C. The summed E-state index contributed by atoms with van der Waals surface area (Å²) < 4.78 is 6.71. The molecule has 7 heteroatoms. The normalized spacial score (nSPS) is 10.8. The number of fused-ring (bicyclic) bond motifs is 1. The van der Waals surface area contributed by atoms with E-state index in [4.69, 9.17) is 10.5 Å². The second-order valence-corrected chi connectivity index (χ2v) is 6.16. The number of amides is 1. The largest absolute Gasteiger partial charge is 0.465 e. The van der Waals surface area contributed by atoms with Crippen LogP contribution in [0.3, 0.4) is 0 Å². The summed E-state index contributed by atoms with van der Waals surface area (Å²) in [6.45, 7) is 1.11. The van der Waals surface area contributed by atoms with E-state index < -0.39 is 5.97 Å². The molecule has 0 spiro atoms. The molecule has 0 aliphatic heterocycles. The number of carbonyl (C=O) groups is 2. The smallest absolute Gasteiger partial charge is 0.337 e. The molecule has 3 rings (SSSR count). The van der Waals surface area contributed by atoms with Crippen LogP contribution in [0.15, 0.2) is 42.5 Å². The maximum atomic E-state index is 12.1. The van der Waals surface area contributed by atoms with Crippen molar-refractivity contribution in [3.63, 3.8) is 0 Å². The summed E-state index contributed by atoms with van der Waals surface area (Å²) in [5.74, 6) is 0.235. The Kier molecular flexibility index (Phi) is 5.52. The highest BCUT2D eigenvalue weighted by molar-refractivity contribution is 5.95. The first-order valence-electron chi connectivity index (χ1n) is 8.68. The number of imidazole rings is 1. The van der Waals surface area contributed by atoms with E-state index in [-0.39, 0.29) is 5.91 Å². The molecule has 0 unspecified atom stereocenters. The lowest BCUT2D eigenvalue weighted by Gasteiger charge is -2.06. The summed E-state index contributed by atoms with van der Waals surface area (Å²) in [7, 11) is 3.26. The van der Waals surface area contributed by atoms with Gasteiger partial charge in [-0.15, -0.1) is 0 Å². The van der Waals surface area contributed by atoms with Crippen molar-refractivity contribution in [1.82, 2.24) is 14.9 Å². The van der Waals surface area contributed by atoms with Crippen molar-refractivity contribution >= 4 is 22.9 Å². The molecule has 0 aliphatic rings. The molecule has 27 heavy (non-hydrogen) atoms. The quantitative estimate of drug-likeness (QED) is 0.514. The standard InChI is InChI=1S/C20H22N4O3/c1-24-17-9-8-15(20(26)27-2)12-16(17)23-18(24)13-4-6-14(7-5-13)19(25)22-11-3-10-21/h4-9,12H,3,10-11,21H2,1-2H3,(H,22,25). The van der Waals surface area contributed by atoms with Gasteiger partial charge < -0.3 is 20.4 Å². The van der Waals surface area contributed by atoms with E-state index in [9.17, 15) is 9.59 Å². The average Bonchev–Trinajstić information content (AvgIpc) is 3.03. The zero-order valence-corrected chi connectivity index (χ0v) is 15.4. The lowest BCUT2D eigenvalue weighted by atomic mass is 10.1. The summed E-state index contributed by atoms with van der Waals surface area (Å²) >= 11 is 0. The van der Waals surface area contributed by atoms with Crippen molar-refractivity contribution in [3.05, 3.63) is 53.6 Å². The highest BCUT2D eigenvalue weighted by atomic mass is 16.5. The van der Waals surface area contributed by atoms with Crippen molar-refractivity contribution < 1.29 is 14.3 Å². The maximum absolute atomic E-state index is 12.1. The fourth-order valence-electron chi connectivity index (χ4n) is 2.88. The van der Waals surface area contributed by atoms with Crippen LogP contribution in [0.5, 0.6) is 0 Å². The van der Waals surface area contributed by atoms with Crippen LogP contribution in [0, 0.1) is 0 Å². The molecule has 0 saturated heterocycles. The Labute approximate surface area is 157 Å². The topological polar surface area (TPSA) is 99.2 Å². The first-order valence-corrected chi connectivity index (χ1v) is 8.68. The summed E-state index contributed by atoms with van der Waals surface area (Å²) in [6, 6.07) is 12.5. The number of aromatic nitrogens is 2. The van der Waals surface area contributed by atoms with E-state index in [0.717, 1.165) is 23.3 Å². The van der Waals surface area contributed by atoms with E-state index >= 15 is 0 Å². The Morgan fingerprint density at radius 3 is 2.52 bits per heavy atom. The van der Waals surface area contributed by atoms with E-state index in [0.29, 0.717) is 29.7 Å². The molecule has 0 aliphatic carbocycles. The van der Waals surface area contributed by atoms with Gasteiger partial charge in [-0.1, -0.05) is 12.1 Å². The van der Waals surface area contributed by atoms with Crippen LogP contribution >= 0.6 is 0 Å². The van der Waals surface area contributed by atoms with E-state index in [1.807, 2.05) is 29.8 Å². The zero-order valence-electron chi connectivity index (χ0n) is 15.4. The van der Waals surface area contributed by atoms with Crippen LogP contribution in [-0.4, -0.2) is 41.6 Å². The summed E-state index contributed by atoms with van der Waals surface area (Å²) in [5.41, 5.74) is 8.97. The van der Waals surface area contributed by atoms with Gasteiger partial charge in [-0.25, -0.2) is 9.78 Å². The van der Waals surface area contributed by atoms with Crippen LogP contribution in [-0.2, 0) is 11.8 Å². The molecule has 0 fully saturated rings. The molecule has 2 aromatic carbocycles. The van der Waals surface area contributed by atoms with Gasteiger partial charge in [0.1, 0.15) is 5.82 Å². The summed E-state index contributed by atoms with van der Waals surface area (Å²) in [4.78, 5) is 28.4. The first kappa shape index (κ1) is 18.6. The summed E-state index contributed by atoms with van der Waals surface area (Å²) in [5, 5.41) is 2.83. The predicted octanol–water partition coefficient (Wildman–Crippen LogP) is 2.11. The van der Waals surface area contributed by atoms with Gasteiger partial charge in [-0.05, 0) is 43.3 Å². The van der Waals surface area contributed by atoms with Crippen molar-refractivity contribution in [2.24, 2.45) is 12.8 Å². The van der Waals surface area contributed by atoms with Crippen LogP contribution < -0.4 is 11.1 Å². The van der Waals surface area contributed by atoms with Gasteiger partial charge in [0.25, 0.3) is 5.91 Å². The Morgan fingerprint density at radius 1 is 1.15 bits per heavy atom. The number of carbonyl (C=O) groups excluding carboxylic acids is 2. The third kappa shape index (κ3) is 3.83. The molecule has 7 nitrogen and oxygen atoms in total. The van der Waals surface area contributed by atoms with E-state index in [2.05, 4.69) is 10.3 Å². The van der Waals surface area contributed by atoms with Crippen molar-refractivity contribution in [1.29, 1.82) is 0 Å². The number of esters is 1. The maximum Gasteiger partial charge on any atom is 0.337 e. The third-order valence-corrected chi connectivity index (χ3v) is 4.37. The minimum Gasteiger partial charge on any atom is -0.465 e. The molecule has 3 aromatic rings. The molecule has 1 heterocycles. The number of rotatable bonds is 6. The first-order chi connectivity index (χ1) is 13.0. The number of hydrogen-bond donors (Lipinski definition) is 2. The van der Waals surface area contributed by atoms with Crippen LogP contribution in [0.2, 0.25) is 0 Å².